The van der Waals surface area contributed by atoms with E-state index in [1.807, 2.05) is 20.8 Å². The second-order valence-electron chi connectivity index (χ2n) is 13.0. The molecule has 5 heterocycles. The average Bonchev–Trinajstić information content (AvgIpc) is 3.56. The Morgan fingerprint density at radius 3 is 2.52 bits per heavy atom. The lowest BCUT2D eigenvalue weighted by atomic mass is 10.0. The van der Waals surface area contributed by atoms with Crippen molar-refractivity contribution in [1.29, 1.82) is 0 Å². The van der Waals surface area contributed by atoms with Crippen molar-refractivity contribution in [3.05, 3.63) is 23.5 Å². The van der Waals surface area contributed by atoms with E-state index >= 15 is 0 Å². The predicted molar refractivity (Wildman–Crippen MR) is 169 cm³/mol. The van der Waals surface area contributed by atoms with Gasteiger partial charge in [0.15, 0.2) is 10.8 Å². The molecule has 0 aliphatic carbocycles. The van der Waals surface area contributed by atoms with Crippen LogP contribution in [0.5, 0.6) is 0 Å². The molecule has 2 atom stereocenters. The number of sulfonamides is 1. The molecular formula is C28H42N6O7S2Si. The van der Waals surface area contributed by atoms with Crippen LogP contribution in [0.2, 0.25) is 25.7 Å². The van der Waals surface area contributed by atoms with E-state index < -0.39 is 29.6 Å². The van der Waals surface area contributed by atoms with Gasteiger partial charge < -0.3 is 23.8 Å². The van der Waals surface area contributed by atoms with E-state index in [1.165, 1.54) is 22.8 Å². The molecule has 0 N–H and O–H groups in total. The molecule has 44 heavy (non-hydrogen) atoms. The summed E-state index contributed by atoms with van der Waals surface area (Å²) in [6.45, 7) is 14.8. The van der Waals surface area contributed by atoms with Crippen molar-refractivity contribution >= 4 is 46.6 Å². The number of nitrogens with zero attached hydrogens (tertiary/aromatic N) is 6. The summed E-state index contributed by atoms with van der Waals surface area (Å²) in [5, 5.41) is 9.35. The first-order chi connectivity index (χ1) is 20.7. The number of imidazole rings is 1. The maximum absolute atomic E-state index is 14.5. The third kappa shape index (κ3) is 7.00. The number of morpholine rings is 1. The van der Waals surface area contributed by atoms with Crippen LogP contribution in [0.15, 0.2) is 23.4 Å². The van der Waals surface area contributed by atoms with Crippen molar-refractivity contribution in [2.45, 2.75) is 75.5 Å². The number of hydrogen-bond donors (Lipinski definition) is 0. The molecule has 0 saturated carbocycles. The zero-order valence-corrected chi connectivity index (χ0v) is 29.0. The summed E-state index contributed by atoms with van der Waals surface area (Å²) in [4.78, 5) is 18.7. The van der Waals surface area contributed by atoms with Crippen LogP contribution in [-0.2, 0) is 40.2 Å². The molecule has 0 bridgehead atoms. The molecule has 2 aliphatic heterocycles. The number of esters is 1. The number of hydrogen-bond acceptors (Lipinski definition) is 12. The van der Waals surface area contributed by atoms with Crippen LogP contribution in [0.25, 0.3) is 16.3 Å². The van der Waals surface area contributed by atoms with Crippen LogP contribution in [0.3, 0.4) is 0 Å². The minimum absolute atomic E-state index is 0.0147. The Bertz CT molecular complexity index is 1590. The highest BCUT2D eigenvalue weighted by molar-refractivity contribution is 7.89. The van der Waals surface area contributed by atoms with Crippen LogP contribution in [0.1, 0.15) is 25.8 Å². The number of aromatic nitrogens is 4. The summed E-state index contributed by atoms with van der Waals surface area (Å²) in [5.41, 5.74) is 0.705. The quantitative estimate of drug-likeness (QED) is 0.122. The third-order valence-electron chi connectivity index (χ3n) is 7.76. The van der Waals surface area contributed by atoms with Gasteiger partial charge in [0.2, 0.25) is 10.0 Å². The summed E-state index contributed by atoms with van der Waals surface area (Å²) in [5.74, 6) is 0.00456. The molecule has 0 unspecified atom stereocenters. The summed E-state index contributed by atoms with van der Waals surface area (Å²) < 4.78 is 54.5. The molecule has 242 valence electrons. The van der Waals surface area contributed by atoms with Crippen molar-refractivity contribution in [2.24, 2.45) is 0 Å². The largest absolute Gasteiger partial charge is 0.469 e. The summed E-state index contributed by atoms with van der Waals surface area (Å²) >= 11 is 1.21. The summed E-state index contributed by atoms with van der Waals surface area (Å²) in [7, 11) is -4.12. The third-order valence-corrected chi connectivity index (χ3v) is 12.3. The monoisotopic (exact) mass is 666 g/mol. The van der Waals surface area contributed by atoms with Crippen LogP contribution < -0.4 is 4.90 Å². The average molecular weight is 667 g/mol. The molecule has 2 aliphatic rings. The Morgan fingerprint density at radius 1 is 1.20 bits per heavy atom. The molecular weight excluding hydrogens is 625 g/mol. The van der Waals surface area contributed by atoms with Gasteiger partial charge in [0.25, 0.3) is 0 Å². The van der Waals surface area contributed by atoms with E-state index in [9.17, 15) is 13.2 Å². The number of carbonyl (C=O) groups excluding carboxylic acids is 1. The lowest BCUT2D eigenvalue weighted by Crippen LogP contribution is -2.62. The van der Waals surface area contributed by atoms with Crippen LogP contribution in [0, 0.1) is 0 Å². The maximum atomic E-state index is 14.5. The van der Waals surface area contributed by atoms with Crippen LogP contribution in [-0.4, -0.2) is 111 Å². The standard InChI is InChI=1S/C28H42N6O7S2Si/c1-19-13-32(14-20(2)41-19)22-10-21(43(36,37)34(28(3)16-40-17-28)18-39-8-9-44(5,6)7)15-33-23(22)12-29-26(33)27-31-30-24(42-27)11-25(35)38-4/h10,12,15,19-20H,8-9,11,13-14,16-18H2,1-7H3/t19-,20-/m0/s1. The van der Waals surface area contributed by atoms with Gasteiger partial charge in [0.1, 0.15) is 16.6 Å². The molecule has 3 aromatic heterocycles. The predicted octanol–water partition coefficient (Wildman–Crippen LogP) is 3.27. The molecule has 3 aromatic rings. The zero-order valence-electron chi connectivity index (χ0n) is 26.4. The smallest absolute Gasteiger partial charge is 0.312 e. The van der Waals surface area contributed by atoms with E-state index in [-0.39, 0.29) is 43.5 Å². The molecule has 5 rings (SSSR count). The minimum atomic E-state index is -4.07. The van der Waals surface area contributed by atoms with Gasteiger partial charge in [-0.2, -0.15) is 4.31 Å². The van der Waals surface area contributed by atoms with Gasteiger partial charge in [0.05, 0.1) is 61.9 Å². The molecule has 2 fully saturated rings. The molecule has 0 amide bonds. The Hall–Kier alpha value is -2.47. The lowest BCUT2D eigenvalue weighted by molar-refractivity contribution is -0.139. The van der Waals surface area contributed by atoms with Crippen molar-refractivity contribution in [1.82, 2.24) is 23.9 Å². The van der Waals surface area contributed by atoms with Gasteiger partial charge in [-0.25, -0.2) is 13.4 Å². The Morgan fingerprint density at radius 2 is 1.91 bits per heavy atom. The van der Waals surface area contributed by atoms with Gasteiger partial charge >= 0.3 is 5.97 Å². The number of pyridine rings is 1. The highest BCUT2D eigenvalue weighted by Crippen LogP contribution is 2.36. The minimum Gasteiger partial charge on any atom is -0.469 e. The van der Waals surface area contributed by atoms with Gasteiger partial charge in [-0.05, 0) is 32.9 Å². The first kappa shape index (κ1) is 32.9. The number of carbonyl (C=O) groups is 1. The summed E-state index contributed by atoms with van der Waals surface area (Å²) in [6.07, 6.45) is 3.19. The van der Waals surface area contributed by atoms with E-state index in [1.54, 1.807) is 22.9 Å². The van der Waals surface area contributed by atoms with Crippen molar-refractivity contribution in [3.8, 4) is 10.8 Å². The molecule has 16 heteroatoms. The van der Waals surface area contributed by atoms with Crippen LogP contribution in [0.4, 0.5) is 5.69 Å². The van der Waals surface area contributed by atoms with Crippen molar-refractivity contribution < 1.29 is 32.2 Å². The van der Waals surface area contributed by atoms with E-state index in [0.29, 0.717) is 35.5 Å². The Balaban J connectivity index is 1.59. The molecule has 0 radical (unpaired) electrons. The molecule has 0 spiro atoms. The lowest BCUT2D eigenvalue weighted by Gasteiger charge is -2.45. The second-order valence-corrected chi connectivity index (χ2v) is 21.6. The van der Waals surface area contributed by atoms with Gasteiger partial charge in [-0.1, -0.05) is 31.0 Å². The number of anilines is 1. The fourth-order valence-electron chi connectivity index (χ4n) is 5.30. The fourth-order valence-corrected chi connectivity index (χ4v) is 8.53. The highest BCUT2D eigenvalue weighted by atomic mass is 32.2. The van der Waals surface area contributed by atoms with E-state index in [4.69, 9.17) is 18.9 Å². The first-order valence-electron chi connectivity index (χ1n) is 14.7. The normalized spacial score (nSPS) is 20.7. The maximum Gasteiger partial charge on any atom is 0.312 e. The molecule has 2 saturated heterocycles. The molecule has 0 aromatic carbocycles. The van der Waals surface area contributed by atoms with E-state index in [2.05, 4.69) is 39.7 Å². The SMILES string of the molecule is COC(=O)Cc1nnc(-c2ncc3c(N4C[C@H](C)O[C@@H](C)C4)cc(S(=O)(=O)N(COCC[Si](C)(C)C)C4(C)COC4)cn23)s1. The Kier molecular flexibility index (Phi) is 9.52. The fraction of sp³-hybridized carbons (Fsp3) is 0.643. The second kappa shape index (κ2) is 12.7. The topological polar surface area (TPSA) is 138 Å². The number of fused-ring (bicyclic) bond motifs is 1. The van der Waals surface area contributed by atoms with Gasteiger partial charge in [-0.3, -0.25) is 9.20 Å². The van der Waals surface area contributed by atoms with Crippen LogP contribution >= 0.6 is 11.3 Å². The number of ether oxygens (including phenoxy) is 4. The Labute approximate surface area is 263 Å². The van der Waals surface area contributed by atoms with Gasteiger partial charge in [0, 0.05) is 34.0 Å². The number of methoxy groups -OCH3 is 1. The summed E-state index contributed by atoms with van der Waals surface area (Å²) in [6, 6.07) is 2.65. The van der Waals surface area contributed by atoms with Crippen molar-refractivity contribution in [2.75, 3.05) is 51.7 Å². The molecule has 13 nitrogen and oxygen atoms in total. The van der Waals surface area contributed by atoms with Crippen molar-refractivity contribution in [3.63, 3.8) is 0 Å². The van der Waals surface area contributed by atoms with Gasteiger partial charge in [-0.15, -0.1) is 10.2 Å². The first-order valence-corrected chi connectivity index (χ1v) is 20.7. The zero-order chi connectivity index (χ0) is 31.9. The highest BCUT2D eigenvalue weighted by Gasteiger charge is 2.47. The number of rotatable bonds is 12. The van der Waals surface area contributed by atoms with E-state index in [0.717, 1.165) is 17.2 Å².